The molecule has 1 aromatic rings. The molecular formula is C16H19N3O5. The molecule has 0 bridgehead atoms. The van der Waals surface area contributed by atoms with Crippen LogP contribution < -0.4 is 10.6 Å². The van der Waals surface area contributed by atoms with Crippen LogP contribution in [0.1, 0.15) is 25.3 Å². The first-order valence-corrected chi connectivity index (χ1v) is 7.59. The summed E-state index contributed by atoms with van der Waals surface area (Å²) >= 11 is 0. The van der Waals surface area contributed by atoms with E-state index < -0.39 is 16.7 Å². The number of carbonyl (C=O) groups excluding carboxylic acids is 2. The average molecular weight is 333 g/mol. The van der Waals surface area contributed by atoms with Crippen molar-refractivity contribution in [3.63, 3.8) is 0 Å². The molecule has 128 valence electrons. The number of nitro groups is 1. The molecule has 0 spiro atoms. The topological polar surface area (TPSA) is 111 Å². The third-order valence-corrected chi connectivity index (χ3v) is 3.46. The van der Waals surface area contributed by atoms with Gasteiger partial charge in [-0.15, -0.1) is 0 Å². The molecule has 1 aliphatic rings. The van der Waals surface area contributed by atoms with Gasteiger partial charge < -0.3 is 15.4 Å². The molecule has 2 rings (SSSR count). The van der Waals surface area contributed by atoms with E-state index in [1.165, 1.54) is 31.2 Å². The maximum absolute atomic E-state index is 12.3. The number of hydrogen-bond donors (Lipinski definition) is 2. The highest BCUT2D eigenvalue weighted by Gasteiger charge is 2.18. The number of hydrogen-bond acceptors (Lipinski definition) is 5. The van der Waals surface area contributed by atoms with Gasteiger partial charge in [0.2, 0.25) is 5.91 Å². The first kappa shape index (κ1) is 17.6. The molecule has 1 aromatic carbocycles. The summed E-state index contributed by atoms with van der Waals surface area (Å²) < 4.78 is 5.43. The molecule has 2 amide bonds. The van der Waals surface area contributed by atoms with Gasteiger partial charge in [-0.05, 0) is 24.5 Å². The molecule has 1 saturated heterocycles. The maximum atomic E-state index is 12.3. The van der Waals surface area contributed by atoms with Crippen molar-refractivity contribution in [2.75, 3.05) is 13.2 Å². The Morgan fingerprint density at radius 2 is 2.25 bits per heavy atom. The Balaban J connectivity index is 2.13. The highest BCUT2D eigenvalue weighted by molar-refractivity contribution is 6.00. The number of benzene rings is 1. The van der Waals surface area contributed by atoms with Gasteiger partial charge in [0.25, 0.3) is 11.6 Å². The number of nitrogens with one attached hydrogen (secondary N) is 2. The summed E-state index contributed by atoms with van der Waals surface area (Å²) in [6, 6.07) is 5.81. The number of non-ortho nitro benzene ring substituents is 1. The summed E-state index contributed by atoms with van der Waals surface area (Å²) in [5, 5.41) is 16.0. The molecule has 0 aromatic heterocycles. The van der Waals surface area contributed by atoms with Crippen molar-refractivity contribution in [2.45, 2.75) is 25.9 Å². The normalized spacial score (nSPS) is 17.4. The lowest BCUT2D eigenvalue weighted by atomic mass is 10.1. The molecule has 24 heavy (non-hydrogen) atoms. The molecule has 1 unspecified atom stereocenters. The van der Waals surface area contributed by atoms with Gasteiger partial charge >= 0.3 is 0 Å². The molecule has 0 saturated carbocycles. The van der Waals surface area contributed by atoms with Crippen molar-refractivity contribution in [1.29, 1.82) is 0 Å². The Labute approximate surface area is 139 Å². The SMILES string of the molecule is CC(=O)NC(=Cc1cccc([N+](=O)[O-])c1)C(=O)NCC1CCCO1. The van der Waals surface area contributed by atoms with Gasteiger partial charge in [-0.3, -0.25) is 19.7 Å². The Bertz CT molecular complexity index is 665. The van der Waals surface area contributed by atoms with Crippen LogP contribution in [0.5, 0.6) is 0 Å². The van der Waals surface area contributed by atoms with Crippen molar-refractivity contribution in [3.8, 4) is 0 Å². The number of amides is 2. The van der Waals surface area contributed by atoms with Crippen LogP contribution in [0.15, 0.2) is 30.0 Å². The first-order valence-electron chi connectivity index (χ1n) is 7.59. The zero-order valence-electron chi connectivity index (χ0n) is 13.3. The van der Waals surface area contributed by atoms with E-state index in [2.05, 4.69) is 10.6 Å². The summed E-state index contributed by atoms with van der Waals surface area (Å²) in [6.45, 7) is 2.32. The second-order valence-corrected chi connectivity index (χ2v) is 5.44. The number of nitrogens with zero attached hydrogens (tertiary/aromatic N) is 1. The molecule has 8 heteroatoms. The Morgan fingerprint density at radius 1 is 1.46 bits per heavy atom. The smallest absolute Gasteiger partial charge is 0.270 e. The van der Waals surface area contributed by atoms with E-state index in [0.717, 1.165) is 12.8 Å². The second-order valence-electron chi connectivity index (χ2n) is 5.44. The van der Waals surface area contributed by atoms with Gasteiger partial charge in [-0.25, -0.2) is 0 Å². The predicted octanol–water partition coefficient (Wildman–Crippen LogP) is 1.37. The molecule has 2 N–H and O–H groups in total. The van der Waals surface area contributed by atoms with Crippen LogP contribution in [0.4, 0.5) is 5.69 Å². The van der Waals surface area contributed by atoms with Gasteiger partial charge in [0.1, 0.15) is 5.70 Å². The molecule has 1 fully saturated rings. The van der Waals surface area contributed by atoms with Crippen molar-refractivity contribution in [2.24, 2.45) is 0 Å². The lowest BCUT2D eigenvalue weighted by Crippen LogP contribution is -2.37. The summed E-state index contributed by atoms with van der Waals surface area (Å²) in [5.74, 6) is -0.869. The predicted molar refractivity (Wildman–Crippen MR) is 86.9 cm³/mol. The monoisotopic (exact) mass is 333 g/mol. The van der Waals surface area contributed by atoms with E-state index in [4.69, 9.17) is 4.74 Å². The highest BCUT2D eigenvalue weighted by atomic mass is 16.6. The van der Waals surface area contributed by atoms with Gasteiger partial charge in [0.15, 0.2) is 0 Å². The number of rotatable bonds is 6. The van der Waals surface area contributed by atoms with E-state index in [1.807, 2.05) is 0 Å². The molecule has 1 heterocycles. The van der Waals surface area contributed by atoms with Gasteiger partial charge in [0, 0.05) is 32.2 Å². The van der Waals surface area contributed by atoms with Crippen molar-refractivity contribution >= 4 is 23.6 Å². The summed E-state index contributed by atoms with van der Waals surface area (Å²) in [6.07, 6.45) is 3.22. The molecule has 0 aliphatic carbocycles. The maximum Gasteiger partial charge on any atom is 0.270 e. The van der Waals surface area contributed by atoms with Crippen molar-refractivity contribution in [1.82, 2.24) is 10.6 Å². The zero-order valence-corrected chi connectivity index (χ0v) is 13.3. The molecule has 1 aliphatic heterocycles. The van der Waals surface area contributed by atoms with E-state index in [1.54, 1.807) is 6.07 Å². The minimum absolute atomic E-state index is 0.0228. The Hall–Kier alpha value is -2.74. The van der Waals surface area contributed by atoms with Crippen molar-refractivity contribution in [3.05, 3.63) is 45.6 Å². The standard InChI is InChI=1S/C16H19N3O5/c1-11(20)18-15(16(21)17-10-14-6-3-7-24-14)9-12-4-2-5-13(8-12)19(22)23/h2,4-5,8-9,14H,3,6-7,10H2,1H3,(H,17,21)(H,18,20). The molecule has 1 atom stereocenters. The van der Waals surface area contributed by atoms with E-state index in [9.17, 15) is 19.7 Å². The third kappa shape index (κ3) is 5.17. The minimum Gasteiger partial charge on any atom is -0.376 e. The number of carbonyl (C=O) groups is 2. The average Bonchev–Trinajstić information content (AvgIpc) is 3.05. The van der Waals surface area contributed by atoms with Crippen molar-refractivity contribution < 1.29 is 19.2 Å². The van der Waals surface area contributed by atoms with Gasteiger partial charge in [0.05, 0.1) is 11.0 Å². The van der Waals surface area contributed by atoms with Crippen LogP contribution in [0.3, 0.4) is 0 Å². The quantitative estimate of drug-likeness (QED) is 0.464. The zero-order chi connectivity index (χ0) is 17.5. The molecule has 0 radical (unpaired) electrons. The lowest BCUT2D eigenvalue weighted by Gasteiger charge is -2.13. The number of ether oxygens (including phenoxy) is 1. The minimum atomic E-state index is -0.521. The lowest BCUT2D eigenvalue weighted by molar-refractivity contribution is -0.384. The third-order valence-electron chi connectivity index (χ3n) is 3.46. The first-order chi connectivity index (χ1) is 11.5. The van der Waals surface area contributed by atoms with Crippen LogP contribution >= 0.6 is 0 Å². The Kier molecular flexibility index (Phi) is 6.02. The number of nitro benzene ring substituents is 1. The van der Waals surface area contributed by atoms with Crippen LogP contribution in [-0.2, 0) is 14.3 Å². The summed E-state index contributed by atoms with van der Waals surface area (Å²) in [4.78, 5) is 33.9. The van der Waals surface area contributed by atoms with Crippen LogP contribution in [0, 0.1) is 10.1 Å². The van der Waals surface area contributed by atoms with Crippen LogP contribution in [0.25, 0.3) is 6.08 Å². The van der Waals surface area contributed by atoms with Gasteiger partial charge in [-0.1, -0.05) is 12.1 Å². The fourth-order valence-electron chi connectivity index (χ4n) is 2.35. The van der Waals surface area contributed by atoms with E-state index in [0.29, 0.717) is 18.7 Å². The summed E-state index contributed by atoms with van der Waals surface area (Å²) in [7, 11) is 0. The highest BCUT2D eigenvalue weighted by Crippen LogP contribution is 2.15. The largest absolute Gasteiger partial charge is 0.376 e. The fourth-order valence-corrected chi connectivity index (χ4v) is 2.35. The summed E-state index contributed by atoms with van der Waals surface area (Å²) in [5.41, 5.74) is 0.381. The van der Waals surface area contributed by atoms with Crippen LogP contribution in [0.2, 0.25) is 0 Å². The van der Waals surface area contributed by atoms with E-state index >= 15 is 0 Å². The second kappa shape index (κ2) is 8.21. The molecular weight excluding hydrogens is 314 g/mol. The van der Waals surface area contributed by atoms with E-state index in [-0.39, 0.29) is 17.5 Å². The van der Waals surface area contributed by atoms with Gasteiger partial charge in [-0.2, -0.15) is 0 Å². The fraction of sp³-hybridized carbons (Fsp3) is 0.375. The Morgan fingerprint density at radius 3 is 2.88 bits per heavy atom. The van der Waals surface area contributed by atoms with Crippen LogP contribution in [-0.4, -0.2) is 36.0 Å². The molecule has 8 nitrogen and oxygen atoms in total.